The van der Waals surface area contributed by atoms with Crippen molar-refractivity contribution in [2.45, 2.75) is 16.2 Å². The summed E-state index contributed by atoms with van der Waals surface area (Å²) in [5.41, 5.74) is 30.7. The summed E-state index contributed by atoms with van der Waals surface area (Å²) in [5.74, 6) is 0. The van der Waals surface area contributed by atoms with Gasteiger partial charge in [-0.3, -0.25) is 0 Å². The summed E-state index contributed by atoms with van der Waals surface area (Å²) < 4.78 is 0. The molecule has 2 spiro atoms. The maximum atomic E-state index is 2.60. The van der Waals surface area contributed by atoms with E-state index in [0.29, 0.717) is 0 Å². The molecule has 0 unspecified atom stereocenters. The lowest BCUT2D eigenvalue weighted by atomic mass is 9.64. The highest BCUT2D eigenvalue weighted by Gasteiger charge is 2.54. The molecule has 0 radical (unpaired) electrons. The normalized spacial score (nSPS) is 14.8. The second kappa shape index (κ2) is 18.7. The number of anilines is 6. The number of para-hydroxylation sites is 4. The van der Waals surface area contributed by atoms with E-state index < -0.39 is 16.2 Å². The lowest BCUT2D eigenvalue weighted by Gasteiger charge is -2.45. The molecule has 91 heavy (non-hydrogen) atoms. The Morgan fingerprint density at radius 2 is 0.440 bits per heavy atom. The molecule has 2 aliphatic heterocycles. The zero-order valence-corrected chi connectivity index (χ0v) is 49.7. The molecule has 0 bridgehead atoms. The summed E-state index contributed by atoms with van der Waals surface area (Å²) in [6, 6.07) is 129. The van der Waals surface area contributed by atoms with Gasteiger partial charge in [0.05, 0.1) is 50.4 Å². The number of hydrogen-bond acceptors (Lipinski definition) is 2. The highest BCUT2D eigenvalue weighted by atomic mass is 15.2. The van der Waals surface area contributed by atoms with Crippen molar-refractivity contribution in [1.29, 1.82) is 0 Å². The number of rotatable bonds is 5. The van der Waals surface area contributed by atoms with E-state index in [1.807, 2.05) is 0 Å². The predicted octanol–water partition coefficient (Wildman–Crippen LogP) is 22.3. The van der Waals surface area contributed by atoms with Crippen molar-refractivity contribution in [3.63, 3.8) is 0 Å². The van der Waals surface area contributed by atoms with Gasteiger partial charge in [0.2, 0.25) is 0 Å². The van der Waals surface area contributed by atoms with E-state index >= 15 is 0 Å². The van der Waals surface area contributed by atoms with E-state index in [1.165, 1.54) is 156 Å². The molecule has 2 nitrogen and oxygen atoms in total. The Labute approximate surface area is 529 Å². The maximum Gasteiger partial charge on any atom is 0.0754 e. The first kappa shape index (κ1) is 50.4. The van der Waals surface area contributed by atoms with Gasteiger partial charge in [-0.05, 0) is 165 Å². The molecular weight excluding hydrogens is 1100 g/mol. The van der Waals surface area contributed by atoms with Crippen LogP contribution in [0.25, 0.3) is 66.1 Å². The Morgan fingerprint density at radius 1 is 0.165 bits per heavy atom. The third-order valence-corrected chi connectivity index (χ3v) is 21.3. The van der Waals surface area contributed by atoms with Crippen LogP contribution >= 0.6 is 0 Å². The van der Waals surface area contributed by atoms with Gasteiger partial charge in [0.25, 0.3) is 0 Å². The predicted molar refractivity (Wildman–Crippen MR) is 375 cm³/mol. The Kier molecular flexibility index (Phi) is 10.4. The minimum absolute atomic E-state index is 0.554. The van der Waals surface area contributed by atoms with E-state index in [2.05, 4.69) is 350 Å². The minimum atomic E-state index is -0.593. The van der Waals surface area contributed by atoms with Crippen LogP contribution < -0.4 is 9.80 Å². The van der Waals surface area contributed by atoms with Crippen LogP contribution in [-0.2, 0) is 16.2 Å². The van der Waals surface area contributed by atoms with Crippen LogP contribution in [0, 0.1) is 0 Å². The number of hydrogen-bond donors (Lipinski definition) is 0. The van der Waals surface area contributed by atoms with Crippen LogP contribution in [0.5, 0.6) is 0 Å². The van der Waals surface area contributed by atoms with Gasteiger partial charge in [-0.15, -0.1) is 0 Å². The van der Waals surface area contributed by atoms with Crippen molar-refractivity contribution in [1.82, 2.24) is 0 Å². The van der Waals surface area contributed by atoms with Crippen molar-refractivity contribution < 1.29 is 0 Å². The van der Waals surface area contributed by atoms with E-state index in [9.17, 15) is 0 Å². The summed E-state index contributed by atoms with van der Waals surface area (Å²) in [4.78, 5) is 5.20. The van der Waals surface area contributed by atoms with Gasteiger partial charge in [-0.1, -0.05) is 297 Å². The second-order valence-corrected chi connectivity index (χ2v) is 25.2. The average molecular weight is 1150 g/mol. The fraction of sp³-hybridized carbons (Fsp3) is 0.0337. The second-order valence-electron chi connectivity index (χ2n) is 25.2. The van der Waals surface area contributed by atoms with Crippen LogP contribution in [0.1, 0.15) is 66.8 Å². The van der Waals surface area contributed by atoms with Gasteiger partial charge in [0.1, 0.15) is 0 Å². The highest BCUT2D eigenvalue weighted by molar-refractivity contribution is 6.22. The Balaban J connectivity index is 0.913. The first-order valence-corrected chi connectivity index (χ1v) is 31.9. The zero-order chi connectivity index (χ0) is 59.6. The Morgan fingerprint density at radius 3 is 0.824 bits per heavy atom. The molecule has 0 fully saturated rings. The van der Waals surface area contributed by atoms with Gasteiger partial charge >= 0.3 is 0 Å². The molecule has 2 heteroatoms. The fourth-order valence-corrected chi connectivity index (χ4v) is 18.2. The van der Waals surface area contributed by atoms with Crippen LogP contribution in [0.2, 0.25) is 0 Å². The molecule has 15 aromatic carbocycles. The monoisotopic (exact) mass is 1150 g/mol. The standard InChI is InChI=1S/C89H56N2/c1-3-28-57(29-4-1)87(58-30-5-2-6-31-58)73-44-16-11-36-65(73)86-66(39-25-49-78(86)87)85-63-37-26-54-79(90-81-50-21-17-45-74(81)88(75-46-18-22-51-82(75)90)69-40-12-7-32-59(69)60-33-8-13-41-70(60)88)67(63)56-68-64(85)38-27-55-80(68)91-83-52-23-19-47-76(83)89(77-48-20-24-53-84(77)91)71-42-14-9-34-61(71)62-35-10-15-43-72(62)89/h1-56H. The van der Waals surface area contributed by atoms with Crippen LogP contribution in [0.15, 0.2) is 340 Å². The highest BCUT2D eigenvalue weighted by Crippen LogP contribution is 2.67. The molecule has 0 saturated carbocycles. The maximum absolute atomic E-state index is 2.60. The smallest absolute Gasteiger partial charge is 0.0754 e. The number of fused-ring (bicyclic) bond motifs is 23. The largest absolute Gasteiger partial charge is 0.309 e. The van der Waals surface area contributed by atoms with Crippen molar-refractivity contribution in [3.8, 4) is 44.5 Å². The molecule has 2 heterocycles. The molecule has 5 aliphatic rings. The van der Waals surface area contributed by atoms with Crippen molar-refractivity contribution in [3.05, 3.63) is 406 Å². The average Bonchev–Trinajstić information content (AvgIpc) is 1.63. The van der Waals surface area contributed by atoms with E-state index in [0.717, 1.165) is 11.4 Å². The first-order valence-electron chi connectivity index (χ1n) is 31.9. The van der Waals surface area contributed by atoms with E-state index in [4.69, 9.17) is 0 Å². The lowest BCUT2D eigenvalue weighted by molar-refractivity contribution is 0.753. The molecule has 20 rings (SSSR count). The topological polar surface area (TPSA) is 6.48 Å². The minimum Gasteiger partial charge on any atom is -0.309 e. The van der Waals surface area contributed by atoms with Gasteiger partial charge in [-0.2, -0.15) is 0 Å². The first-order chi connectivity index (χ1) is 45.2. The Bertz CT molecular complexity index is 5100. The Hall–Kier alpha value is -11.6. The molecule has 0 saturated heterocycles. The molecule has 422 valence electrons. The van der Waals surface area contributed by atoms with Gasteiger partial charge in [-0.25, -0.2) is 0 Å². The summed E-state index contributed by atoms with van der Waals surface area (Å²) in [5, 5.41) is 4.71. The molecular formula is C89H56N2. The summed E-state index contributed by atoms with van der Waals surface area (Å²) >= 11 is 0. The molecule has 0 amide bonds. The third-order valence-electron chi connectivity index (χ3n) is 21.3. The van der Waals surface area contributed by atoms with E-state index in [1.54, 1.807) is 0 Å². The van der Waals surface area contributed by atoms with Gasteiger partial charge in [0.15, 0.2) is 0 Å². The zero-order valence-electron chi connectivity index (χ0n) is 49.7. The van der Waals surface area contributed by atoms with Crippen LogP contribution in [0.3, 0.4) is 0 Å². The van der Waals surface area contributed by atoms with Crippen LogP contribution in [-0.4, -0.2) is 0 Å². The van der Waals surface area contributed by atoms with Crippen molar-refractivity contribution in [2.24, 2.45) is 0 Å². The van der Waals surface area contributed by atoms with Crippen LogP contribution in [0.4, 0.5) is 34.1 Å². The van der Waals surface area contributed by atoms with Crippen molar-refractivity contribution in [2.75, 3.05) is 9.80 Å². The summed E-state index contributed by atoms with van der Waals surface area (Å²) in [6.45, 7) is 0. The fourth-order valence-electron chi connectivity index (χ4n) is 18.2. The summed E-state index contributed by atoms with van der Waals surface area (Å²) in [7, 11) is 0. The lowest BCUT2D eigenvalue weighted by Crippen LogP contribution is -2.36. The van der Waals surface area contributed by atoms with E-state index in [-0.39, 0.29) is 0 Å². The quantitative estimate of drug-likeness (QED) is 0.159. The SMILES string of the molecule is c1ccc(C2(c3ccccc3)c3ccccc3-c3c(-c4c5cccc(N6c7ccccc7C7(c8ccccc8-c8ccccc87)c7ccccc76)c5cc5c(N6c7ccccc7C7(c8ccccc8-c8ccccc87)c7ccccc76)cccc45)cccc32)cc1. The van der Waals surface area contributed by atoms with Gasteiger partial charge in [0, 0.05) is 10.8 Å². The van der Waals surface area contributed by atoms with Gasteiger partial charge < -0.3 is 9.80 Å². The molecule has 15 aromatic rings. The number of nitrogens with zero attached hydrogens (tertiary/aromatic N) is 2. The molecule has 0 N–H and O–H groups in total. The number of benzene rings is 15. The summed E-state index contributed by atoms with van der Waals surface area (Å²) in [6.07, 6.45) is 0. The molecule has 0 aromatic heterocycles. The molecule has 3 aliphatic carbocycles. The van der Waals surface area contributed by atoms with Crippen molar-refractivity contribution >= 4 is 55.7 Å². The third kappa shape index (κ3) is 6.31. The molecule has 0 atom stereocenters.